The number of nitrogens with zero attached hydrogens (tertiary/aromatic N) is 3. The van der Waals surface area contributed by atoms with Gasteiger partial charge in [-0.25, -0.2) is 4.68 Å². The molecule has 0 bridgehead atoms. The van der Waals surface area contributed by atoms with E-state index < -0.39 is 0 Å². The molecule has 2 N–H and O–H groups in total. The zero-order chi connectivity index (χ0) is 19.0. The number of amides is 1. The van der Waals surface area contributed by atoms with Crippen molar-refractivity contribution in [2.75, 3.05) is 13.1 Å². The molecule has 2 aromatic carbocycles. The Labute approximate surface area is 159 Å². The van der Waals surface area contributed by atoms with Crippen LogP contribution < -0.4 is 5.73 Å². The highest BCUT2D eigenvalue weighted by Crippen LogP contribution is 2.27. The summed E-state index contributed by atoms with van der Waals surface area (Å²) in [6, 6.07) is 19.8. The Kier molecular flexibility index (Phi) is 4.54. The fraction of sp³-hybridized carbons (Fsp3) is 0.273. The van der Waals surface area contributed by atoms with Crippen LogP contribution in [0, 0.1) is 13.8 Å². The molecule has 5 nitrogen and oxygen atoms in total. The molecule has 27 heavy (non-hydrogen) atoms. The molecule has 5 heteroatoms. The third kappa shape index (κ3) is 3.38. The van der Waals surface area contributed by atoms with Crippen LogP contribution in [0.2, 0.25) is 0 Å². The van der Waals surface area contributed by atoms with Crippen molar-refractivity contribution in [1.29, 1.82) is 0 Å². The van der Waals surface area contributed by atoms with E-state index in [2.05, 4.69) is 17.2 Å². The summed E-state index contributed by atoms with van der Waals surface area (Å²) >= 11 is 0. The topological polar surface area (TPSA) is 64.2 Å². The number of nitrogens with two attached hydrogens (primary N) is 1. The highest BCUT2D eigenvalue weighted by molar-refractivity contribution is 5.94. The van der Waals surface area contributed by atoms with Gasteiger partial charge in [0.1, 0.15) is 0 Å². The predicted octanol–water partition coefficient (Wildman–Crippen LogP) is 3.06. The van der Waals surface area contributed by atoms with Crippen LogP contribution in [0.1, 0.15) is 33.2 Å². The molecule has 1 amide bonds. The monoisotopic (exact) mass is 360 g/mol. The van der Waals surface area contributed by atoms with E-state index >= 15 is 0 Å². The van der Waals surface area contributed by atoms with Crippen LogP contribution in [0.15, 0.2) is 60.7 Å². The van der Waals surface area contributed by atoms with Crippen molar-refractivity contribution >= 4 is 5.91 Å². The SMILES string of the molecule is Cc1cc(C)n(-c2ccc(C(=O)N3C[C@@H](N)[C@H](c4ccccc4)C3)cc2)n1. The van der Waals surface area contributed by atoms with Gasteiger partial charge in [-0.2, -0.15) is 5.10 Å². The minimum atomic E-state index is -0.0367. The van der Waals surface area contributed by atoms with Gasteiger partial charge in [0.05, 0.1) is 11.4 Å². The number of benzene rings is 2. The lowest BCUT2D eigenvalue weighted by atomic mass is 9.95. The molecule has 138 valence electrons. The van der Waals surface area contributed by atoms with Gasteiger partial charge in [-0.3, -0.25) is 4.79 Å². The van der Waals surface area contributed by atoms with E-state index in [1.54, 1.807) is 0 Å². The van der Waals surface area contributed by atoms with Crippen LogP contribution in [0.25, 0.3) is 5.69 Å². The van der Waals surface area contributed by atoms with E-state index in [0.717, 1.165) is 17.1 Å². The molecule has 0 saturated carbocycles. The first-order chi connectivity index (χ1) is 13.0. The molecule has 1 aliphatic heterocycles. The first kappa shape index (κ1) is 17.5. The van der Waals surface area contributed by atoms with Crippen molar-refractivity contribution in [2.24, 2.45) is 5.73 Å². The molecule has 0 aliphatic carbocycles. The van der Waals surface area contributed by atoms with Crippen molar-refractivity contribution in [3.63, 3.8) is 0 Å². The van der Waals surface area contributed by atoms with E-state index in [1.807, 2.05) is 72.0 Å². The highest BCUT2D eigenvalue weighted by Gasteiger charge is 2.34. The van der Waals surface area contributed by atoms with Crippen LogP contribution in [-0.2, 0) is 0 Å². The Morgan fingerprint density at radius 1 is 1.04 bits per heavy atom. The number of likely N-dealkylation sites (tertiary alicyclic amines) is 1. The van der Waals surface area contributed by atoms with Crippen molar-refractivity contribution < 1.29 is 4.79 Å². The molecule has 1 aromatic heterocycles. The fourth-order valence-corrected chi connectivity index (χ4v) is 3.87. The van der Waals surface area contributed by atoms with Crippen molar-refractivity contribution in [2.45, 2.75) is 25.8 Å². The van der Waals surface area contributed by atoms with Gasteiger partial charge in [-0.15, -0.1) is 0 Å². The van der Waals surface area contributed by atoms with Crippen LogP contribution in [-0.4, -0.2) is 39.7 Å². The zero-order valence-electron chi connectivity index (χ0n) is 15.7. The van der Waals surface area contributed by atoms with Crippen LogP contribution >= 0.6 is 0 Å². The smallest absolute Gasteiger partial charge is 0.253 e. The van der Waals surface area contributed by atoms with E-state index in [0.29, 0.717) is 18.7 Å². The molecule has 1 fully saturated rings. The van der Waals surface area contributed by atoms with E-state index in [9.17, 15) is 4.79 Å². The minimum absolute atomic E-state index is 0.0313. The Morgan fingerprint density at radius 3 is 2.37 bits per heavy atom. The molecule has 1 saturated heterocycles. The quantitative estimate of drug-likeness (QED) is 0.781. The lowest BCUT2D eigenvalue weighted by Gasteiger charge is -2.17. The molecule has 0 spiro atoms. The summed E-state index contributed by atoms with van der Waals surface area (Å²) in [7, 11) is 0. The summed E-state index contributed by atoms with van der Waals surface area (Å²) in [6.07, 6.45) is 0. The zero-order valence-corrected chi connectivity index (χ0v) is 15.7. The van der Waals surface area contributed by atoms with Gasteiger partial charge in [-0.1, -0.05) is 30.3 Å². The molecule has 1 aliphatic rings. The van der Waals surface area contributed by atoms with Crippen molar-refractivity contribution in [3.8, 4) is 5.69 Å². The summed E-state index contributed by atoms with van der Waals surface area (Å²) in [5.74, 6) is 0.216. The fourth-order valence-electron chi connectivity index (χ4n) is 3.87. The number of carbonyl (C=O) groups is 1. The van der Waals surface area contributed by atoms with Gasteiger partial charge in [-0.05, 0) is 49.7 Å². The second kappa shape index (κ2) is 7.00. The maximum absolute atomic E-state index is 12.9. The van der Waals surface area contributed by atoms with E-state index in [4.69, 9.17) is 5.73 Å². The normalized spacial score (nSPS) is 19.4. The summed E-state index contributed by atoms with van der Waals surface area (Å²) in [5.41, 5.74) is 11.2. The van der Waals surface area contributed by atoms with Gasteiger partial charge < -0.3 is 10.6 Å². The Balaban J connectivity index is 1.51. The van der Waals surface area contributed by atoms with Crippen molar-refractivity contribution in [3.05, 3.63) is 83.2 Å². The van der Waals surface area contributed by atoms with Crippen LogP contribution in [0.4, 0.5) is 0 Å². The van der Waals surface area contributed by atoms with Crippen LogP contribution in [0.3, 0.4) is 0 Å². The molecule has 2 atom stereocenters. The standard InChI is InChI=1S/C22H24N4O/c1-15-12-16(2)26(24-15)19-10-8-18(9-11-19)22(27)25-13-20(21(23)14-25)17-6-4-3-5-7-17/h3-12,20-21H,13-14,23H2,1-2H3/t20-,21+/m0/s1. The lowest BCUT2D eigenvalue weighted by molar-refractivity contribution is 0.0789. The Morgan fingerprint density at radius 2 is 1.74 bits per heavy atom. The molecule has 0 radical (unpaired) electrons. The molecule has 4 rings (SSSR count). The van der Waals surface area contributed by atoms with Crippen LogP contribution in [0.5, 0.6) is 0 Å². The molecule has 2 heterocycles. The molecule has 3 aromatic rings. The van der Waals surface area contributed by atoms with Gasteiger partial charge in [0.2, 0.25) is 0 Å². The molecular formula is C22H24N4O. The summed E-state index contributed by atoms with van der Waals surface area (Å²) in [4.78, 5) is 14.8. The first-order valence-corrected chi connectivity index (χ1v) is 9.26. The molecule has 0 unspecified atom stereocenters. The average Bonchev–Trinajstić information content (AvgIpc) is 3.23. The lowest BCUT2D eigenvalue weighted by Crippen LogP contribution is -2.32. The van der Waals surface area contributed by atoms with Crippen molar-refractivity contribution in [1.82, 2.24) is 14.7 Å². The summed E-state index contributed by atoms with van der Waals surface area (Å²) in [6.45, 7) is 5.23. The maximum Gasteiger partial charge on any atom is 0.253 e. The number of hydrogen-bond acceptors (Lipinski definition) is 3. The van der Waals surface area contributed by atoms with Gasteiger partial charge >= 0.3 is 0 Å². The predicted molar refractivity (Wildman–Crippen MR) is 106 cm³/mol. The summed E-state index contributed by atoms with van der Waals surface area (Å²) in [5, 5.41) is 4.49. The maximum atomic E-state index is 12.9. The minimum Gasteiger partial charge on any atom is -0.336 e. The largest absolute Gasteiger partial charge is 0.336 e. The highest BCUT2D eigenvalue weighted by atomic mass is 16.2. The first-order valence-electron chi connectivity index (χ1n) is 9.26. The summed E-state index contributed by atoms with van der Waals surface area (Å²) < 4.78 is 1.89. The third-order valence-electron chi connectivity index (χ3n) is 5.25. The number of aryl methyl sites for hydroxylation is 2. The number of hydrogen-bond donors (Lipinski definition) is 1. The second-order valence-electron chi connectivity index (χ2n) is 7.28. The molecular weight excluding hydrogens is 336 g/mol. The second-order valence-corrected chi connectivity index (χ2v) is 7.28. The number of carbonyl (C=O) groups excluding carboxylic acids is 1. The number of rotatable bonds is 3. The third-order valence-corrected chi connectivity index (χ3v) is 5.25. The Bertz CT molecular complexity index is 946. The van der Waals surface area contributed by atoms with Gasteiger partial charge in [0, 0.05) is 36.3 Å². The average molecular weight is 360 g/mol. The Hall–Kier alpha value is -2.92. The van der Waals surface area contributed by atoms with E-state index in [-0.39, 0.29) is 17.9 Å². The van der Waals surface area contributed by atoms with Gasteiger partial charge in [0.25, 0.3) is 5.91 Å². The van der Waals surface area contributed by atoms with Gasteiger partial charge in [0.15, 0.2) is 0 Å². The van der Waals surface area contributed by atoms with E-state index in [1.165, 1.54) is 5.56 Å². The number of aromatic nitrogens is 2.